The number of sulfonamides is 1. The van der Waals surface area contributed by atoms with E-state index in [1.807, 2.05) is 38.1 Å². The van der Waals surface area contributed by atoms with E-state index in [-0.39, 0.29) is 17.5 Å². The molecule has 1 saturated carbocycles. The summed E-state index contributed by atoms with van der Waals surface area (Å²) in [6, 6.07) is 7.85. The summed E-state index contributed by atoms with van der Waals surface area (Å²) in [5, 5.41) is 3.33. The number of anilines is 1. The number of aromatic nitrogens is 1. The van der Waals surface area contributed by atoms with Crippen LogP contribution in [0, 0.1) is 13.8 Å². The van der Waals surface area contributed by atoms with Gasteiger partial charge in [-0.2, -0.15) is 4.98 Å². The van der Waals surface area contributed by atoms with Crippen molar-refractivity contribution in [2.75, 3.05) is 24.2 Å². The molecule has 7 nitrogen and oxygen atoms in total. The first-order valence-electron chi connectivity index (χ1n) is 11.9. The van der Waals surface area contributed by atoms with Gasteiger partial charge in [0.15, 0.2) is 0 Å². The Kier molecular flexibility index (Phi) is 6.71. The minimum Gasteiger partial charge on any atom is -0.437 e. The Morgan fingerprint density at radius 3 is 2.50 bits per heavy atom. The van der Waals surface area contributed by atoms with E-state index in [4.69, 9.17) is 9.40 Å². The lowest BCUT2D eigenvalue weighted by Crippen LogP contribution is -2.32. The van der Waals surface area contributed by atoms with Gasteiger partial charge in [0, 0.05) is 19.2 Å². The molecule has 0 saturated heterocycles. The van der Waals surface area contributed by atoms with E-state index in [1.54, 1.807) is 7.05 Å². The van der Waals surface area contributed by atoms with Gasteiger partial charge in [0.05, 0.1) is 17.2 Å². The van der Waals surface area contributed by atoms with Gasteiger partial charge in [-0.1, -0.05) is 31.9 Å². The molecule has 2 heterocycles. The van der Waals surface area contributed by atoms with E-state index in [0.717, 1.165) is 54.4 Å². The van der Waals surface area contributed by atoms with Gasteiger partial charge in [0.25, 0.3) is 5.91 Å². The maximum atomic E-state index is 13.0. The average Bonchev–Trinajstić information content (AvgIpc) is 3.57. The standard InChI is InChI=1S/C26H33N3O4S/c1-6-7-8-13-29(34(5,31)32)24-20(18-11-12-18)15-21-22(25(30)27-4)23(33-26(21)28-24)19-10-9-16(2)17(3)14-19/h9-10,14-15,18H,6-8,11-13H2,1-5H3,(H,27,30). The van der Waals surface area contributed by atoms with E-state index >= 15 is 0 Å². The predicted molar refractivity (Wildman–Crippen MR) is 136 cm³/mol. The number of rotatable bonds is 9. The van der Waals surface area contributed by atoms with Crippen molar-refractivity contribution < 1.29 is 17.6 Å². The Hall–Kier alpha value is -2.87. The molecular weight excluding hydrogens is 450 g/mol. The zero-order chi connectivity index (χ0) is 24.6. The summed E-state index contributed by atoms with van der Waals surface area (Å²) in [5.41, 5.74) is 4.60. The van der Waals surface area contributed by atoms with Crippen LogP contribution >= 0.6 is 0 Å². The van der Waals surface area contributed by atoms with Gasteiger partial charge in [-0.3, -0.25) is 9.10 Å². The number of benzene rings is 1. The summed E-state index contributed by atoms with van der Waals surface area (Å²) in [4.78, 5) is 17.7. The van der Waals surface area contributed by atoms with Gasteiger partial charge >= 0.3 is 0 Å². The second kappa shape index (κ2) is 9.41. The Labute approximate surface area is 201 Å². The molecular formula is C26H33N3O4S. The number of aryl methyl sites for hydroxylation is 2. The molecule has 4 rings (SSSR count). The van der Waals surface area contributed by atoms with E-state index < -0.39 is 10.0 Å². The second-order valence-electron chi connectivity index (χ2n) is 9.25. The van der Waals surface area contributed by atoms with Gasteiger partial charge in [-0.15, -0.1) is 0 Å². The minimum absolute atomic E-state index is 0.236. The number of unbranched alkanes of at least 4 members (excludes halogenated alkanes) is 2. The highest BCUT2D eigenvalue weighted by atomic mass is 32.2. The Morgan fingerprint density at radius 1 is 1.18 bits per heavy atom. The summed E-state index contributed by atoms with van der Waals surface area (Å²) in [6.07, 6.45) is 5.86. The summed E-state index contributed by atoms with van der Waals surface area (Å²) in [5.74, 6) is 0.851. The Morgan fingerprint density at radius 2 is 1.91 bits per heavy atom. The molecule has 0 aliphatic heterocycles. The normalized spacial score (nSPS) is 13.9. The van der Waals surface area contributed by atoms with Crippen molar-refractivity contribution in [2.45, 2.75) is 58.8 Å². The van der Waals surface area contributed by atoms with Crippen molar-refractivity contribution in [3.05, 3.63) is 46.5 Å². The van der Waals surface area contributed by atoms with Crippen LogP contribution in [0.15, 0.2) is 28.7 Å². The number of nitrogens with zero attached hydrogens (tertiary/aromatic N) is 2. The largest absolute Gasteiger partial charge is 0.437 e. The van der Waals surface area contributed by atoms with E-state index in [1.165, 1.54) is 10.6 Å². The molecule has 8 heteroatoms. The van der Waals surface area contributed by atoms with Crippen LogP contribution in [-0.2, 0) is 10.0 Å². The fraction of sp³-hybridized carbons (Fsp3) is 0.462. The summed E-state index contributed by atoms with van der Waals surface area (Å²) >= 11 is 0. The lowest BCUT2D eigenvalue weighted by atomic mass is 10.0. The molecule has 0 bridgehead atoms. The van der Waals surface area contributed by atoms with Crippen molar-refractivity contribution in [2.24, 2.45) is 0 Å². The summed E-state index contributed by atoms with van der Waals surface area (Å²) < 4.78 is 33.1. The van der Waals surface area contributed by atoms with E-state index in [0.29, 0.717) is 29.1 Å². The third-order valence-electron chi connectivity index (χ3n) is 6.53. The third-order valence-corrected chi connectivity index (χ3v) is 7.69. The quantitative estimate of drug-likeness (QED) is 0.417. The first kappa shape index (κ1) is 24.3. The molecule has 2 aromatic heterocycles. The second-order valence-corrected chi connectivity index (χ2v) is 11.2. The predicted octanol–water partition coefficient (Wildman–Crippen LogP) is 5.30. The van der Waals surface area contributed by atoms with Crippen LogP contribution in [0.2, 0.25) is 0 Å². The van der Waals surface area contributed by atoms with Crippen molar-refractivity contribution in [3.63, 3.8) is 0 Å². The Balaban J connectivity index is 1.95. The van der Waals surface area contributed by atoms with Crippen LogP contribution < -0.4 is 9.62 Å². The lowest BCUT2D eigenvalue weighted by Gasteiger charge is -2.23. The number of hydrogen-bond donors (Lipinski definition) is 1. The van der Waals surface area contributed by atoms with Gasteiger partial charge in [-0.25, -0.2) is 8.42 Å². The topological polar surface area (TPSA) is 92.5 Å². The molecule has 3 aromatic rings. The van der Waals surface area contributed by atoms with Crippen LogP contribution in [0.3, 0.4) is 0 Å². The number of furan rings is 1. The number of fused-ring (bicyclic) bond motifs is 1. The van der Waals surface area contributed by atoms with Crippen molar-refractivity contribution >= 4 is 32.8 Å². The maximum Gasteiger partial charge on any atom is 0.255 e. The van der Waals surface area contributed by atoms with Crippen LogP contribution in [0.5, 0.6) is 0 Å². The minimum atomic E-state index is -3.53. The number of pyridine rings is 1. The molecule has 1 aliphatic carbocycles. The summed E-state index contributed by atoms with van der Waals surface area (Å²) in [7, 11) is -1.94. The molecule has 1 fully saturated rings. The van der Waals surface area contributed by atoms with Crippen LogP contribution in [0.1, 0.15) is 72.0 Å². The molecule has 0 spiro atoms. The number of amides is 1. The molecule has 0 atom stereocenters. The van der Waals surface area contributed by atoms with Gasteiger partial charge < -0.3 is 9.73 Å². The SMILES string of the molecule is CCCCCN(c1nc2oc(-c3ccc(C)c(C)c3)c(C(=O)NC)c2cc1C1CC1)S(C)(=O)=O. The molecule has 1 aromatic carbocycles. The highest BCUT2D eigenvalue weighted by Gasteiger charge is 2.34. The van der Waals surface area contributed by atoms with E-state index in [9.17, 15) is 13.2 Å². The first-order valence-corrected chi connectivity index (χ1v) is 13.7. The molecule has 1 amide bonds. The fourth-order valence-electron chi connectivity index (χ4n) is 4.29. The van der Waals surface area contributed by atoms with Gasteiger partial charge in [-0.05, 0) is 67.9 Å². The van der Waals surface area contributed by atoms with Crippen molar-refractivity contribution in [1.29, 1.82) is 0 Å². The van der Waals surface area contributed by atoms with Crippen molar-refractivity contribution in [1.82, 2.24) is 10.3 Å². The van der Waals surface area contributed by atoms with Crippen LogP contribution in [-0.4, -0.2) is 39.2 Å². The lowest BCUT2D eigenvalue weighted by molar-refractivity contribution is 0.0964. The number of nitrogens with one attached hydrogen (secondary N) is 1. The molecule has 1 aliphatic rings. The average molecular weight is 484 g/mol. The van der Waals surface area contributed by atoms with Crippen molar-refractivity contribution in [3.8, 4) is 11.3 Å². The zero-order valence-corrected chi connectivity index (χ0v) is 21.4. The zero-order valence-electron chi connectivity index (χ0n) is 20.6. The number of hydrogen-bond acceptors (Lipinski definition) is 5. The molecule has 34 heavy (non-hydrogen) atoms. The molecule has 1 N–H and O–H groups in total. The summed E-state index contributed by atoms with van der Waals surface area (Å²) in [6.45, 7) is 6.51. The molecule has 182 valence electrons. The van der Waals surface area contributed by atoms with Crippen LogP contribution in [0.25, 0.3) is 22.4 Å². The third kappa shape index (κ3) is 4.69. The number of carbonyl (C=O) groups is 1. The smallest absolute Gasteiger partial charge is 0.255 e. The Bertz CT molecular complexity index is 1340. The number of carbonyl (C=O) groups excluding carboxylic acids is 1. The molecule has 0 radical (unpaired) electrons. The first-order chi connectivity index (χ1) is 16.2. The fourth-order valence-corrected chi connectivity index (χ4v) is 5.22. The van der Waals surface area contributed by atoms with Gasteiger partial charge in [0.1, 0.15) is 11.6 Å². The van der Waals surface area contributed by atoms with Crippen LogP contribution in [0.4, 0.5) is 5.82 Å². The monoisotopic (exact) mass is 483 g/mol. The maximum absolute atomic E-state index is 13.0. The van der Waals surface area contributed by atoms with Gasteiger partial charge in [0.2, 0.25) is 15.7 Å². The highest BCUT2D eigenvalue weighted by molar-refractivity contribution is 7.92. The molecule has 0 unspecified atom stereocenters. The van der Waals surface area contributed by atoms with E-state index in [2.05, 4.69) is 12.2 Å². The highest BCUT2D eigenvalue weighted by Crippen LogP contribution is 2.46.